The highest BCUT2D eigenvalue weighted by Crippen LogP contribution is 2.14. The lowest BCUT2D eigenvalue weighted by atomic mass is 10.1. The Labute approximate surface area is 74.4 Å². The van der Waals surface area contributed by atoms with Gasteiger partial charge in [0.05, 0.1) is 0 Å². The molecule has 2 unspecified atom stereocenters. The van der Waals surface area contributed by atoms with Crippen LogP contribution >= 0.6 is 9.24 Å². The molecule has 0 bridgehead atoms. The Morgan fingerprint density at radius 1 is 1.00 bits per heavy atom. The van der Waals surface area contributed by atoms with E-state index in [1.54, 1.807) is 0 Å². The summed E-state index contributed by atoms with van der Waals surface area (Å²) < 4.78 is 0. The van der Waals surface area contributed by atoms with Crippen LogP contribution in [0.3, 0.4) is 0 Å². The van der Waals surface area contributed by atoms with Gasteiger partial charge in [-0.15, -0.1) is 9.24 Å². The van der Waals surface area contributed by atoms with Gasteiger partial charge in [-0.05, 0) is 18.5 Å². The van der Waals surface area contributed by atoms with Crippen LogP contribution in [0.5, 0.6) is 0 Å². The topological polar surface area (TPSA) is 0 Å². The lowest BCUT2D eigenvalue weighted by molar-refractivity contribution is 0.592. The summed E-state index contributed by atoms with van der Waals surface area (Å²) in [4.78, 5) is 0. The molecule has 0 N–H and O–H groups in total. The van der Waals surface area contributed by atoms with Gasteiger partial charge in [-0.1, -0.05) is 46.0 Å². The quantitative estimate of drug-likeness (QED) is 0.404. The van der Waals surface area contributed by atoms with Crippen molar-refractivity contribution in [1.82, 2.24) is 0 Å². The lowest BCUT2D eigenvalue weighted by Crippen LogP contribution is -1.93. The van der Waals surface area contributed by atoms with Crippen LogP contribution in [0.15, 0.2) is 0 Å². The van der Waals surface area contributed by atoms with Crippen LogP contribution < -0.4 is 0 Å². The highest BCUT2D eigenvalue weighted by atomic mass is 31.0. The molecular weight excluding hydrogens is 151 g/mol. The highest BCUT2D eigenvalue weighted by molar-refractivity contribution is 7.17. The molecule has 0 aromatic rings. The second-order valence-electron chi connectivity index (χ2n) is 3.37. The van der Waals surface area contributed by atoms with Crippen LogP contribution in [0.25, 0.3) is 0 Å². The fourth-order valence-corrected chi connectivity index (χ4v) is 1.45. The first kappa shape index (κ1) is 11.4. The van der Waals surface area contributed by atoms with Crippen LogP contribution in [0.1, 0.15) is 58.8 Å². The minimum absolute atomic E-state index is 0.872. The normalized spacial score (nSPS) is 13.4. The molecule has 0 spiro atoms. The maximum absolute atomic E-state index is 2.93. The van der Waals surface area contributed by atoms with E-state index < -0.39 is 0 Å². The molecule has 0 radical (unpaired) electrons. The van der Waals surface area contributed by atoms with E-state index in [2.05, 4.69) is 23.1 Å². The molecule has 11 heavy (non-hydrogen) atoms. The number of rotatable bonds is 7. The van der Waals surface area contributed by atoms with Crippen molar-refractivity contribution >= 4 is 9.24 Å². The summed E-state index contributed by atoms with van der Waals surface area (Å²) in [7, 11) is 2.93. The summed E-state index contributed by atoms with van der Waals surface area (Å²) in [6.45, 7) is 4.54. The predicted molar refractivity (Wildman–Crippen MR) is 57.2 cm³/mol. The molecule has 0 amide bonds. The third-order valence-corrected chi connectivity index (χ3v) is 3.01. The molecule has 0 rings (SSSR count). The molecular formula is C10H23P. The van der Waals surface area contributed by atoms with Gasteiger partial charge in [-0.3, -0.25) is 0 Å². The molecule has 0 saturated heterocycles. The maximum Gasteiger partial charge on any atom is -0.0267 e. The molecule has 1 heteroatoms. The molecule has 0 nitrogen and oxygen atoms in total. The SMILES string of the molecule is CCCCCCCC(P)CC. The first-order valence-corrected chi connectivity index (χ1v) is 5.73. The summed E-state index contributed by atoms with van der Waals surface area (Å²) in [6, 6.07) is 0. The fraction of sp³-hybridized carbons (Fsp3) is 1.00. The van der Waals surface area contributed by atoms with E-state index in [1.807, 2.05) is 0 Å². The van der Waals surface area contributed by atoms with Gasteiger partial charge in [0.15, 0.2) is 0 Å². The van der Waals surface area contributed by atoms with Crippen LogP contribution in [0.4, 0.5) is 0 Å². The van der Waals surface area contributed by atoms with Gasteiger partial charge in [0.2, 0.25) is 0 Å². The van der Waals surface area contributed by atoms with Crippen LogP contribution in [-0.4, -0.2) is 5.66 Å². The van der Waals surface area contributed by atoms with Crippen molar-refractivity contribution in [2.45, 2.75) is 64.5 Å². The number of hydrogen-bond donors (Lipinski definition) is 0. The van der Waals surface area contributed by atoms with E-state index in [9.17, 15) is 0 Å². The van der Waals surface area contributed by atoms with Crippen molar-refractivity contribution in [3.05, 3.63) is 0 Å². The van der Waals surface area contributed by atoms with Crippen molar-refractivity contribution in [3.8, 4) is 0 Å². The van der Waals surface area contributed by atoms with Gasteiger partial charge in [0.25, 0.3) is 0 Å². The third-order valence-electron chi connectivity index (χ3n) is 2.20. The first-order valence-electron chi connectivity index (χ1n) is 5.06. The van der Waals surface area contributed by atoms with E-state index in [-0.39, 0.29) is 0 Å². The zero-order valence-electron chi connectivity index (χ0n) is 8.10. The molecule has 0 fully saturated rings. The zero-order chi connectivity index (χ0) is 8.53. The van der Waals surface area contributed by atoms with Gasteiger partial charge < -0.3 is 0 Å². The van der Waals surface area contributed by atoms with Crippen LogP contribution in [-0.2, 0) is 0 Å². The van der Waals surface area contributed by atoms with E-state index in [0.29, 0.717) is 0 Å². The van der Waals surface area contributed by atoms with Gasteiger partial charge in [0.1, 0.15) is 0 Å². The summed E-state index contributed by atoms with van der Waals surface area (Å²) in [5.41, 5.74) is 0.872. The van der Waals surface area contributed by atoms with Crippen molar-refractivity contribution in [2.24, 2.45) is 0 Å². The standard InChI is InChI=1S/C10H23P/c1-3-5-6-7-8-9-10(11)4-2/h10H,3-9,11H2,1-2H3. The number of hydrogen-bond acceptors (Lipinski definition) is 0. The van der Waals surface area contributed by atoms with Crippen molar-refractivity contribution in [1.29, 1.82) is 0 Å². The van der Waals surface area contributed by atoms with Crippen molar-refractivity contribution in [2.75, 3.05) is 0 Å². The van der Waals surface area contributed by atoms with E-state index in [4.69, 9.17) is 0 Å². The zero-order valence-corrected chi connectivity index (χ0v) is 9.26. The Morgan fingerprint density at radius 3 is 2.18 bits per heavy atom. The molecule has 0 aliphatic heterocycles. The predicted octanol–water partition coefficient (Wildman–Crippen LogP) is 4.00. The van der Waals surface area contributed by atoms with E-state index in [0.717, 1.165) is 5.66 Å². The monoisotopic (exact) mass is 174 g/mol. The molecule has 0 aliphatic rings. The second kappa shape index (κ2) is 8.53. The van der Waals surface area contributed by atoms with Crippen LogP contribution in [0.2, 0.25) is 0 Å². The maximum atomic E-state index is 2.93. The fourth-order valence-electron chi connectivity index (χ4n) is 1.21. The minimum atomic E-state index is 0.872. The van der Waals surface area contributed by atoms with Crippen molar-refractivity contribution < 1.29 is 0 Å². The molecule has 0 aliphatic carbocycles. The largest absolute Gasteiger partial charge is 0.134 e. The Hall–Kier alpha value is 0.430. The average molecular weight is 174 g/mol. The van der Waals surface area contributed by atoms with Gasteiger partial charge in [-0.2, -0.15) is 0 Å². The molecule has 0 heterocycles. The molecule has 0 aromatic carbocycles. The first-order chi connectivity index (χ1) is 5.31. The van der Waals surface area contributed by atoms with E-state index in [1.165, 1.54) is 44.9 Å². The summed E-state index contributed by atoms with van der Waals surface area (Å²) in [5.74, 6) is 0. The summed E-state index contributed by atoms with van der Waals surface area (Å²) >= 11 is 0. The average Bonchev–Trinajstić information content (AvgIpc) is 2.04. The Morgan fingerprint density at radius 2 is 1.64 bits per heavy atom. The third kappa shape index (κ3) is 8.34. The van der Waals surface area contributed by atoms with E-state index >= 15 is 0 Å². The Balaban J connectivity index is 2.89. The second-order valence-corrected chi connectivity index (χ2v) is 4.31. The molecule has 0 saturated carbocycles. The molecule has 0 aromatic heterocycles. The Kier molecular flexibility index (Phi) is 8.86. The Bertz CT molecular complexity index is 71.3. The smallest absolute Gasteiger partial charge is 0.0267 e. The summed E-state index contributed by atoms with van der Waals surface area (Å²) in [6.07, 6.45) is 9.83. The highest BCUT2D eigenvalue weighted by Gasteiger charge is 1.97. The number of unbranched alkanes of at least 4 members (excludes halogenated alkanes) is 4. The van der Waals surface area contributed by atoms with Gasteiger partial charge in [-0.25, -0.2) is 0 Å². The minimum Gasteiger partial charge on any atom is -0.134 e. The lowest BCUT2D eigenvalue weighted by Gasteiger charge is -2.06. The van der Waals surface area contributed by atoms with Crippen LogP contribution in [0, 0.1) is 0 Å². The summed E-state index contributed by atoms with van der Waals surface area (Å²) in [5, 5.41) is 0. The molecule has 68 valence electrons. The van der Waals surface area contributed by atoms with Crippen molar-refractivity contribution in [3.63, 3.8) is 0 Å². The van der Waals surface area contributed by atoms with Gasteiger partial charge >= 0.3 is 0 Å². The van der Waals surface area contributed by atoms with Gasteiger partial charge in [0, 0.05) is 0 Å². The molecule has 2 atom stereocenters.